The van der Waals surface area contributed by atoms with Gasteiger partial charge >= 0.3 is 0 Å². The Kier molecular flexibility index (Phi) is 3.33. The van der Waals surface area contributed by atoms with Crippen LogP contribution in [-0.2, 0) is 0 Å². The van der Waals surface area contributed by atoms with Gasteiger partial charge in [-0.1, -0.05) is 0 Å². The molecule has 2 N–H and O–H groups in total. The number of hydrogen-bond donors (Lipinski definition) is 1. The van der Waals surface area contributed by atoms with Crippen molar-refractivity contribution in [1.82, 2.24) is 0 Å². The molecule has 0 unspecified atom stereocenters. The molecule has 0 fully saturated rings. The molecule has 0 atom stereocenters. The van der Waals surface area contributed by atoms with Gasteiger partial charge in [0.05, 0.1) is 5.69 Å². The molecular formula is C8H7I2NO. The van der Waals surface area contributed by atoms with Crippen LogP contribution >= 0.6 is 45.2 Å². The molecule has 0 bridgehead atoms. The number of carbonyl (C=O) groups is 1. The highest BCUT2D eigenvalue weighted by atomic mass is 127. The van der Waals surface area contributed by atoms with Crippen LogP contribution in [0.25, 0.3) is 0 Å². The predicted molar refractivity (Wildman–Crippen MR) is 66.3 cm³/mol. The quantitative estimate of drug-likeness (QED) is 0.458. The molecule has 1 aromatic carbocycles. The zero-order valence-electron chi connectivity index (χ0n) is 6.40. The first kappa shape index (κ1) is 10.2. The van der Waals surface area contributed by atoms with Crippen molar-refractivity contribution in [2.24, 2.45) is 0 Å². The SMILES string of the molecule is CC(=O)c1cc(I)c(N)c(I)c1. The number of rotatable bonds is 1. The summed E-state index contributed by atoms with van der Waals surface area (Å²) in [5, 5.41) is 0. The predicted octanol–water partition coefficient (Wildman–Crippen LogP) is 2.68. The van der Waals surface area contributed by atoms with Gasteiger partial charge in [0.1, 0.15) is 0 Å². The average molecular weight is 387 g/mol. The number of benzene rings is 1. The summed E-state index contributed by atoms with van der Waals surface area (Å²) in [6, 6.07) is 3.61. The Balaban J connectivity index is 3.31. The van der Waals surface area contributed by atoms with Gasteiger partial charge in [-0.25, -0.2) is 0 Å². The summed E-state index contributed by atoms with van der Waals surface area (Å²) < 4.78 is 1.87. The molecule has 0 aliphatic heterocycles. The lowest BCUT2D eigenvalue weighted by Gasteiger charge is -2.03. The normalized spacial score (nSPS) is 9.92. The fourth-order valence-electron chi connectivity index (χ4n) is 0.788. The van der Waals surface area contributed by atoms with E-state index >= 15 is 0 Å². The first-order valence-electron chi connectivity index (χ1n) is 3.28. The molecule has 0 heterocycles. The zero-order chi connectivity index (χ0) is 9.30. The summed E-state index contributed by atoms with van der Waals surface area (Å²) in [5.41, 5.74) is 7.20. The Bertz CT molecular complexity index is 313. The number of nitrogens with two attached hydrogens (primary N) is 1. The van der Waals surface area contributed by atoms with E-state index in [0.717, 1.165) is 18.4 Å². The van der Waals surface area contributed by atoms with Crippen LogP contribution in [0.3, 0.4) is 0 Å². The summed E-state index contributed by atoms with van der Waals surface area (Å²) in [6.45, 7) is 1.55. The van der Waals surface area contributed by atoms with Crippen molar-refractivity contribution in [3.05, 3.63) is 24.8 Å². The van der Waals surface area contributed by atoms with Crippen molar-refractivity contribution < 1.29 is 4.79 Å². The van der Waals surface area contributed by atoms with E-state index in [9.17, 15) is 4.79 Å². The summed E-state index contributed by atoms with van der Waals surface area (Å²) in [5.74, 6) is 0.0748. The topological polar surface area (TPSA) is 43.1 Å². The summed E-state index contributed by atoms with van der Waals surface area (Å²) >= 11 is 4.25. The van der Waals surface area contributed by atoms with Gasteiger partial charge in [0.25, 0.3) is 0 Å². The maximum Gasteiger partial charge on any atom is 0.159 e. The van der Waals surface area contributed by atoms with Crippen LogP contribution in [0.15, 0.2) is 12.1 Å². The van der Waals surface area contributed by atoms with Gasteiger partial charge in [0.15, 0.2) is 5.78 Å². The molecule has 0 radical (unpaired) electrons. The number of halogens is 2. The lowest BCUT2D eigenvalue weighted by atomic mass is 10.1. The second-order valence-electron chi connectivity index (χ2n) is 2.41. The molecule has 0 aliphatic carbocycles. The molecule has 12 heavy (non-hydrogen) atoms. The van der Waals surface area contributed by atoms with Gasteiger partial charge in [-0.2, -0.15) is 0 Å². The molecule has 64 valence electrons. The minimum Gasteiger partial charge on any atom is -0.397 e. The molecular weight excluding hydrogens is 380 g/mol. The summed E-state index contributed by atoms with van der Waals surface area (Å²) in [6.07, 6.45) is 0. The van der Waals surface area contributed by atoms with E-state index in [1.807, 2.05) is 0 Å². The Hall–Kier alpha value is 0.150. The van der Waals surface area contributed by atoms with Gasteiger partial charge in [-0.3, -0.25) is 4.79 Å². The lowest BCUT2D eigenvalue weighted by Crippen LogP contribution is -1.99. The maximum absolute atomic E-state index is 11.0. The van der Waals surface area contributed by atoms with Crippen LogP contribution in [0, 0.1) is 7.14 Å². The molecule has 1 aromatic rings. The van der Waals surface area contributed by atoms with Crippen LogP contribution in [0.5, 0.6) is 0 Å². The third kappa shape index (κ3) is 2.09. The molecule has 4 heteroatoms. The molecule has 0 saturated heterocycles. The monoisotopic (exact) mass is 387 g/mol. The van der Waals surface area contributed by atoms with Crippen LogP contribution in [0.2, 0.25) is 0 Å². The van der Waals surface area contributed by atoms with Crippen LogP contribution in [0.4, 0.5) is 5.69 Å². The molecule has 0 aromatic heterocycles. The third-order valence-corrected chi connectivity index (χ3v) is 3.27. The first-order valence-corrected chi connectivity index (χ1v) is 5.43. The minimum absolute atomic E-state index is 0.0748. The van der Waals surface area contributed by atoms with E-state index in [-0.39, 0.29) is 5.78 Å². The summed E-state index contributed by atoms with van der Waals surface area (Å²) in [4.78, 5) is 11.0. The first-order chi connectivity index (χ1) is 5.52. The largest absolute Gasteiger partial charge is 0.397 e. The molecule has 0 amide bonds. The maximum atomic E-state index is 11.0. The van der Waals surface area contributed by atoms with Crippen molar-refractivity contribution in [3.8, 4) is 0 Å². The highest BCUT2D eigenvalue weighted by Crippen LogP contribution is 2.23. The van der Waals surface area contributed by atoms with Gasteiger partial charge in [-0.15, -0.1) is 0 Å². The average Bonchev–Trinajstić information content (AvgIpc) is 1.99. The van der Waals surface area contributed by atoms with Crippen LogP contribution in [0.1, 0.15) is 17.3 Å². The fourth-order valence-corrected chi connectivity index (χ4v) is 2.56. The Morgan fingerprint density at radius 1 is 1.33 bits per heavy atom. The Morgan fingerprint density at radius 2 is 1.75 bits per heavy atom. The number of anilines is 1. The number of Topliss-reactive ketones (excluding diaryl/α,β-unsaturated/α-hetero) is 1. The van der Waals surface area contributed by atoms with Crippen LogP contribution in [-0.4, -0.2) is 5.78 Å². The van der Waals surface area contributed by atoms with E-state index in [1.54, 1.807) is 19.1 Å². The number of hydrogen-bond acceptors (Lipinski definition) is 2. The molecule has 1 rings (SSSR count). The second-order valence-corrected chi connectivity index (χ2v) is 4.73. The zero-order valence-corrected chi connectivity index (χ0v) is 10.7. The fraction of sp³-hybridized carbons (Fsp3) is 0.125. The second kappa shape index (κ2) is 3.91. The molecule has 2 nitrogen and oxygen atoms in total. The van der Waals surface area contributed by atoms with Crippen molar-refractivity contribution >= 4 is 56.7 Å². The van der Waals surface area contributed by atoms with Crippen LogP contribution < -0.4 is 5.73 Å². The molecule has 0 saturated carbocycles. The standard InChI is InChI=1S/C8H7I2NO/c1-4(12)5-2-6(9)8(11)7(10)3-5/h2-3H,11H2,1H3. The number of nitrogen functional groups attached to an aromatic ring is 1. The van der Waals surface area contributed by atoms with E-state index in [2.05, 4.69) is 45.2 Å². The van der Waals surface area contributed by atoms with Crippen molar-refractivity contribution in [2.75, 3.05) is 5.73 Å². The lowest BCUT2D eigenvalue weighted by molar-refractivity contribution is 0.101. The van der Waals surface area contributed by atoms with Gasteiger partial charge in [0, 0.05) is 12.7 Å². The number of ketones is 1. The highest BCUT2D eigenvalue weighted by molar-refractivity contribution is 14.1. The van der Waals surface area contributed by atoms with E-state index in [4.69, 9.17) is 5.73 Å². The van der Waals surface area contributed by atoms with E-state index in [1.165, 1.54) is 0 Å². The number of carbonyl (C=O) groups excluding carboxylic acids is 1. The van der Waals surface area contributed by atoms with Gasteiger partial charge in [0.2, 0.25) is 0 Å². The molecule has 0 aliphatic rings. The van der Waals surface area contributed by atoms with Crippen molar-refractivity contribution in [2.45, 2.75) is 6.92 Å². The molecule has 0 spiro atoms. The van der Waals surface area contributed by atoms with Gasteiger partial charge < -0.3 is 5.73 Å². The van der Waals surface area contributed by atoms with Gasteiger partial charge in [-0.05, 0) is 64.2 Å². The minimum atomic E-state index is 0.0748. The van der Waals surface area contributed by atoms with E-state index < -0.39 is 0 Å². The Morgan fingerprint density at radius 3 is 2.08 bits per heavy atom. The smallest absolute Gasteiger partial charge is 0.159 e. The van der Waals surface area contributed by atoms with Crippen molar-refractivity contribution in [3.63, 3.8) is 0 Å². The van der Waals surface area contributed by atoms with E-state index in [0.29, 0.717) is 0 Å². The third-order valence-electron chi connectivity index (χ3n) is 1.49. The summed E-state index contributed by atoms with van der Waals surface area (Å²) in [7, 11) is 0. The Labute approximate surface area is 98.2 Å². The van der Waals surface area contributed by atoms with Crippen molar-refractivity contribution in [1.29, 1.82) is 0 Å². The highest BCUT2D eigenvalue weighted by Gasteiger charge is 2.06.